The molecule has 2 N–H and O–H groups in total. The number of amides is 2. The van der Waals surface area contributed by atoms with Crippen LogP contribution in [0.3, 0.4) is 0 Å². The normalized spacial score (nSPS) is 16.7. The fourth-order valence-corrected chi connectivity index (χ4v) is 4.36. The van der Waals surface area contributed by atoms with Crippen LogP contribution in [0.4, 0.5) is 10.5 Å². The molecule has 0 radical (unpaired) electrons. The molecule has 1 aromatic heterocycles. The Morgan fingerprint density at radius 2 is 2.10 bits per heavy atom. The van der Waals surface area contributed by atoms with Gasteiger partial charge in [0.15, 0.2) is 0 Å². The van der Waals surface area contributed by atoms with Crippen molar-refractivity contribution in [3.8, 4) is 5.69 Å². The summed E-state index contributed by atoms with van der Waals surface area (Å²) in [5, 5.41) is 7.12. The van der Waals surface area contributed by atoms with E-state index in [0.29, 0.717) is 48.6 Å². The van der Waals surface area contributed by atoms with Crippen molar-refractivity contribution in [1.82, 2.24) is 19.4 Å². The first-order valence-corrected chi connectivity index (χ1v) is 11.9. The first-order chi connectivity index (χ1) is 14.7. The summed E-state index contributed by atoms with van der Waals surface area (Å²) < 4.78 is 32.2. The van der Waals surface area contributed by atoms with Gasteiger partial charge in [-0.15, -0.1) is 0 Å². The van der Waals surface area contributed by atoms with E-state index in [1.165, 1.54) is 6.20 Å². The number of urea groups is 1. The molecule has 1 fully saturated rings. The number of ether oxygens (including phenoxy) is 1. The maximum absolute atomic E-state index is 12.7. The second kappa shape index (κ2) is 9.48. The topological polar surface area (TPSA) is 123 Å². The number of aromatic nitrogens is 2. The molecule has 11 heteroatoms. The molecule has 1 atom stereocenters. The highest BCUT2D eigenvalue weighted by Gasteiger charge is 2.25. The van der Waals surface area contributed by atoms with Gasteiger partial charge in [-0.1, -0.05) is 6.07 Å². The van der Waals surface area contributed by atoms with Crippen LogP contribution in [-0.4, -0.2) is 67.1 Å². The average molecular weight is 450 g/mol. The summed E-state index contributed by atoms with van der Waals surface area (Å²) in [5.74, 6) is -0.432. The molecule has 2 aromatic rings. The monoisotopic (exact) mass is 449 g/mol. The van der Waals surface area contributed by atoms with E-state index in [-0.39, 0.29) is 18.7 Å². The van der Waals surface area contributed by atoms with Crippen molar-refractivity contribution in [2.24, 2.45) is 0 Å². The summed E-state index contributed by atoms with van der Waals surface area (Å²) in [7, 11) is -3.33. The minimum Gasteiger partial charge on any atom is -0.462 e. The number of benzene rings is 1. The number of sulfonamides is 1. The third-order valence-electron chi connectivity index (χ3n) is 4.94. The number of piperidine rings is 1. The van der Waals surface area contributed by atoms with Gasteiger partial charge in [0.25, 0.3) is 0 Å². The van der Waals surface area contributed by atoms with Crippen molar-refractivity contribution in [3.63, 3.8) is 0 Å². The molecular formula is C20H27N5O5S. The quantitative estimate of drug-likeness (QED) is 0.650. The van der Waals surface area contributed by atoms with Crippen molar-refractivity contribution in [2.45, 2.75) is 32.7 Å². The lowest BCUT2D eigenvalue weighted by Gasteiger charge is -2.32. The summed E-state index contributed by atoms with van der Waals surface area (Å²) in [6.45, 7) is 4.65. The molecule has 0 saturated carbocycles. The van der Waals surface area contributed by atoms with E-state index in [2.05, 4.69) is 15.1 Å². The Bertz CT molecular complexity index is 1070. The van der Waals surface area contributed by atoms with Gasteiger partial charge in [-0.3, -0.25) is 0 Å². The van der Waals surface area contributed by atoms with E-state index < -0.39 is 16.0 Å². The molecule has 3 rings (SSSR count). The zero-order valence-corrected chi connectivity index (χ0v) is 18.6. The summed E-state index contributed by atoms with van der Waals surface area (Å²) in [5.41, 5.74) is 2.26. The van der Waals surface area contributed by atoms with Crippen LogP contribution in [0.25, 0.3) is 5.69 Å². The number of rotatable bonds is 6. The Morgan fingerprint density at radius 3 is 2.81 bits per heavy atom. The molecule has 1 aliphatic heterocycles. The molecular weight excluding hydrogens is 422 g/mol. The third kappa shape index (κ3) is 5.82. The molecule has 10 nitrogen and oxygen atoms in total. The number of carbonyl (C=O) groups is 2. The van der Waals surface area contributed by atoms with E-state index in [4.69, 9.17) is 4.74 Å². The van der Waals surface area contributed by atoms with Crippen LogP contribution in [0, 0.1) is 6.92 Å². The molecule has 1 aliphatic rings. The number of esters is 1. The summed E-state index contributed by atoms with van der Waals surface area (Å²) in [4.78, 5) is 26.3. The SMILES string of the molecule is CCOC(=O)c1cnn(-c2cccc(NC(=O)N3CCCC(NS(C)(=O)=O)C3)c2)c1C. The van der Waals surface area contributed by atoms with Gasteiger partial charge in [-0.05, 0) is 44.9 Å². The Labute approximate surface area is 181 Å². The molecule has 0 spiro atoms. The molecule has 2 amide bonds. The first kappa shape index (κ1) is 22.8. The van der Waals surface area contributed by atoms with Gasteiger partial charge in [0.1, 0.15) is 5.56 Å². The summed E-state index contributed by atoms with van der Waals surface area (Å²) >= 11 is 0. The predicted molar refractivity (Wildman–Crippen MR) is 116 cm³/mol. The number of nitrogens with one attached hydrogen (secondary N) is 2. The van der Waals surface area contributed by atoms with Crippen molar-refractivity contribution in [1.29, 1.82) is 0 Å². The Morgan fingerprint density at radius 1 is 1.32 bits per heavy atom. The highest BCUT2D eigenvalue weighted by molar-refractivity contribution is 7.88. The van der Waals surface area contributed by atoms with Crippen molar-refractivity contribution in [3.05, 3.63) is 41.7 Å². The molecule has 2 heterocycles. The number of likely N-dealkylation sites (tertiary alicyclic amines) is 1. The zero-order chi connectivity index (χ0) is 22.6. The van der Waals surface area contributed by atoms with Crippen LogP contribution in [0.1, 0.15) is 35.8 Å². The van der Waals surface area contributed by atoms with Crippen LogP contribution < -0.4 is 10.0 Å². The van der Waals surface area contributed by atoms with Gasteiger partial charge in [0.05, 0.1) is 30.4 Å². The molecule has 1 unspecified atom stereocenters. The van der Waals surface area contributed by atoms with Gasteiger partial charge in [0, 0.05) is 24.8 Å². The molecule has 168 valence electrons. The van der Waals surface area contributed by atoms with Gasteiger partial charge < -0.3 is 15.0 Å². The fraction of sp³-hybridized carbons (Fsp3) is 0.450. The Kier molecular flexibility index (Phi) is 6.96. The lowest BCUT2D eigenvalue weighted by Crippen LogP contribution is -2.50. The summed E-state index contributed by atoms with van der Waals surface area (Å²) in [6.07, 6.45) is 3.97. The first-order valence-electron chi connectivity index (χ1n) is 10.0. The predicted octanol–water partition coefficient (Wildman–Crippen LogP) is 1.90. The minimum atomic E-state index is -3.33. The lowest BCUT2D eigenvalue weighted by atomic mass is 10.1. The molecule has 0 aliphatic carbocycles. The molecule has 31 heavy (non-hydrogen) atoms. The number of nitrogens with zero attached hydrogens (tertiary/aromatic N) is 3. The summed E-state index contributed by atoms with van der Waals surface area (Å²) in [6, 6.07) is 6.50. The lowest BCUT2D eigenvalue weighted by molar-refractivity contribution is 0.0525. The maximum Gasteiger partial charge on any atom is 0.341 e. The standard InChI is InChI=1S/C20H27N5O5S/c1-4-30-19(26)18-12-21-25(14(18)2)17-9-5-7-15(11-17)22-20(27)24-10-6-8-16(13-24)23-31(3,28)29/h5,7,9,11-12,16,23H,4,6,8,10,13H2,1-3H3,(H,22,27). The number of carbonyl (C=O) groups excluding carboxylic acids is 2. The zero-order valence-electron chi connectivity index (χ0n) is 17.8. The number of hydrogen-bond donors (Lipinski definition) is 2. The van der Waals surface area contributed by atoms with Gasteiger partial charge in [-0.2, -0.15) is 5.10 Å². The molecule has 1 saturated heterocycles. The highest BCUT2D eigenvalue weighted by Crippen LogP contribution is 2.20. The van der Waals surface area contributed by atoms with Gasteiger partial charge >= 0.3 is 12.0 Å². The molecule has 0 bridgehead atoms. The second-order valence-corrected chi connectivity index (χ2v) is 9.21. The maximum atomic E-state index is 12.7. The van der Waals surface area contributed by atoms with E-state index in [9.17, 15) is 18.0 Å². The molecule has 1 aromatic carbocycles. The fourth-order valence-electron chi connectivity index (χ4n) is 3.56. The van der Waals surface area contributed by atoms with Crippen molar-refractivity contribution < 1.29 is 22.7 Å². The van der Waals surface area contributed by atoms with E-state index in [1.54, 1.807) is 41.6 Å². The Balaban J connectivity index is 1.71. The van der Waals surface area contributed by atoms with Crippen molar-refractivity contribution in [2.75, 3.05) is 31.3 Å². The van der Waals surface area contributed by atoms with Gasteiger partial charge in [-0.25, -0.2) is 27.4 Å². The van der Waals surface area contributed by atoms with Crippen LogP contribution in [0.15, 0.2) is 30.5 Å². The minimum absolute atomic E-state index is 0.280. The number of hydrogen-bond acceptors (Lipinski definition) is 6. The van der Waals surface area contributed by atoms with Crippen LogP contribution >= 0.6 is 0 Å². The smallest absolute Gasteiger partial charge is 0.341 e. The van der Waals surface area contributed by atoms with Crippen LogP contribution in [0.2, 0.25) is 0 Å². The van der Waals surface area contributed by atoms with Crippen LogP contribution in [-0.2, 0) is 14.8 Å². The second-order valence-electron chi connectivity index (χ2n) is 7.43. The third-order valence-corrected chi connectivity index (χ3v) is 5.70. The average Bonchev–Trinajstić information content (AvgIpc) is 3.09. The largest absolute Gasteiger partial charge is 0.462 e. The van der Waals surface area contributed by atoms with E-state index in [1.807, 2.05) is 6.07 Å². The Hall–Kier alpha value is -2.92. The number of anilines is 1. The van der Waals surface area contributed by atoms with E-state index >= 15 is 0 Å². The van der Waals surface area contributed by atoms with E-state index in [0.717, 1.165) is 6.26 Å². The van der Waals surface area contributed by atoms with Crippen molar-refractivity contribution >= 4 is 27.7 Å². The van der Waals surface area contributed by atoms with Crippen LogP contribution in [0.5, 0.6) is 0 Å². The highest BCUT2D eigenvalue weighted by atomic mass is 32.2. The van der Waals surface area contributed by atoms with Gasteiger partial charge in [0.2, 0.25) is 10.0 Å².